The van der Waals surface area contributed by atoms with Gasteiger partial charge in [0.25, 0.3) is 5.69 Å². The second kappa shape index (κ2) is 6.53. The van der Waals surface area contributed by atoms with E-state index in [-0.39, 0.29) is 12.3 Å². The van der Waals surface area contributed by atoms with Crippen LogP contribution in [0.2, 0.25) is 0 Å². The van der Waals surface area contributed by atoms with E-state index in [4.69, 9.17) is 4.74 Å². The van der Waals surface area contributed by atoms with Crippen LogP contribution in [0.1, 0.15) is 12.5 Å². The fraction of sp³-hybridized carbons (Fsp3) is 0.308. The number of ether oxygens (including phenoxy) is 2. The maximum Gasteiger partial charge on any atom is 0.333 e. The summed E-state index contributed by atoms with van der Waals surface area (Å²) in [6.07, 6.45) is 1.59. The Hall–Kier alpha value is -2.37. The number of carbonyl (C=O) groups excluding carboxylic acids is 1. The van der Waals surface area contributed by atoms with Gasteiger partial charge in [-0.25, -0.2) is 4.79 Å². The molecule has 0 aliphatic rings. The number of methoxy groups -OCH3 is 1. The molecular formula is C13H15NO5. The predicted octanol–water partition coefficient (Wildman–Crippen LogP) is 2.40. The Labute approximate surface area is 110 Å². The molecule has 19 heavy (non-hydrogen) atoms. The highest BCUT2D eigenvalue weighted by atomic mass is 16.6. The third-order valence-corrected chi connectivity index (χ3v) is 2.51. The van der Waals surface area contributed by atoms with Gasteiger partial charge in [-0.1, -0.05) is 0 Å². The molecule has 6 nitrogen and oxygen atoms in total. The zero-order valence-corrected chi connectivity index (χ0v) is 11.0. The molecule has 0 saturated carbocycles. The van der Waals surface area contributed by atoms with E-state index >= 15 is 0 Å². The molecule has 0 spiro atoms. The quantitative estimate of drug-likeness (QED) is 0.353. The van der Waals surface area contributed by atoms with E-state index < -0.39 is 10.9 Å². The lowest BCUT2D eigenvalue weighted by Gasteiger charge is -2.05. The highest BCUT2D eigenvalue weighted by Crippen LogP contribution is 2.22. The number of benzene rings is 1. The Morgan fingerprint density at radius 1 is 1.47 bits per heavy atom. The van der Waals surface area contributed by atoms with Gasteiger partial charge in [-0.15, -0.1) is 0 Å². The molecule has 0 saturated heterocycles. The summed E-state index contributed by atoms with van der Waals surface area (Å²) in [4.78, 5) is 21.3. The first-order chi connectivity index (χ1) is 8.95. The Balaban J connectivity index is 2.67. The molecule has 0 aromatic heterocycles. The summed E-state index contributed by atoms with van der Waals surface area (Å²) >= 11 is 0. The fourth-order valence-corrected chi connectivity index (χ4v) is 1.43. The number of aryl methyl sites for hydroxylation is 1. The summed E-state index contributed by atoms with van der Waals surface area (Å²) in [7, 11) is 1.31. The topological polar surface area (TPSA) is 78.7 Å². The lowest BCUT2D eigenvalue weighted by atomic mass is 10.2. The van der Waals surface area contributed by atoms with Crippen LogP contribution in [0.25, 0.3) is 0 Å². The summed E-state index contributed by atoms with van der Waals surface area (Å²) < 4.78 is 9.92. The molecule has 0 heterocycles. The minimum absolute atomic E-state index is 0.0497. The van der Waals surface area contributed by atoms with Crippen molar-refractivity contribution in [1.82, 2.24) is 0 Å². The van der Waals surface area contributed by atoms with Gasteiger partial charge in [0.05, 0.1) is 12.0 Å². The Kier molecular flexibility index (Phi) is 5.05. The van der Waals surface area contributed by atoms with Crippen LogP contribution < -0.4 is 4.74 Å². The maximum absolute atomic E-state index is 11.1. The first kappa shape index (κ1) is 14.7. The number of hydrogen-bond donors (Lipinski definition) is 0. The van der Waals surface area contributed by atoms with Crippen molar-refractivity contribution in [2.75, 3.05) is 13.7 Å². The van der Waals surface area contributed by atoms with Crippen molar-refractivity contribution >= 4 is 11.7 Å². The average Bonchev–Trinajstić information content (AvgIpc) is 2.37. The molecule has 0 amide bonds. The van der Waals surface area contributed by atoms with E-state index in [1.807, 2.05) is 0 Å². The first-order valence-corrected chi connectivity index (χ1v) is 5.58. The maximum atomic E-state index is 11.1. The largest absolute Gasteiger partial charge is 0.490 e. The number of hydrogen-bond acceptors (Lipinski definition) is 5. The average molecular weight is 265 g/mol. The van der Waals surface area contributed by atoms with Crippen LogP contribution in [-0.4, -0.2) is 24.6 Å². The van der Waals surface area contributed by atoms with Gasteiger partial charge in [0.1, 0.15) is 12.4 Å². The van der Waals surface area contributed by atoms with Gasteiger partial charge in [-0.2, -0.15) is 0 Å². The van der Waals surface area contributed by atoms with Gasteiger partial charge >= 0.3 is 5.97 Å². The second-order valence-corrected chi connectivity index (χ2v) is 3.90. The minimum Gasteiger partial charge on any atom is -0.490 e. The normalized spacial score (nSPS) is 11.0. The van der Waals surface area contributed by atoms with Crippen molar-refractivity contribution < 1.29 is 19.2 Å². The van der Waals surface area contributed by atoms with E-state index in [0.717, 1.165) is 0 Å². The van der Waals surface area contributed by atoms with Crippen molar-refractivity contribution in [2.45, 2.75) is 13.8 Å². The van der Waals surface area contributed by atoms with Gasteiger partial charge in [0, 0.05) is 17.2 Å². The van der Waals surface area contributed by atoms with Crippen LogP contribution in [0.4, 0.5) is 5.69 Å². The standard InChI is InChI=1S/C13H15NO5/c1-9(13(15)18-3)6-7-19-11-4-5-12(14(16)17)10(2)8-11/h4-6,8H,7H2,1-3H3. The van der Waals surface area contributed by atoms with Crippen molar-refractivity contribution in [3.63, 3.8) is 0 Å². The monoisotopic (exact) mass is 265 g/mol. The molecule has 0 radical (unpaired) electrons. The van der Waals surface area contributed by atoms with Crippen molar-refractivity contribution in [2.24, 2.45) is 0 Å². The Morgan fingerprint density at radius 3 is 2.68 bits per heavy atom. The third-order valence-electron chi connectivity index (χ3n) is 2.51. The van der Waals surface area contributed by atoms with Crippen molar-refractivity contribution in [1.29, 1.82) is 0 Å². The Morgan fingerprint density at radius 2 is 2.16 bits per heavy atom. The summed E-state index contributed by atoms with van der Waals surface area (Å²) in [5, 5.41) is 10.6. The van der Waals surface area contributed by atoms with Crippen LogP contribution in [0.3, 0.4) is 0 Å². The molecule has 102 valence electrons. The molecule has 1 aromatic carbocycles. The van der Waals surface area contributed by atoms with Crippen molar-refractivity contribution in [3.05, 3.63) is 45.5 Å². The number of nitro benzene ring substituents is 1. The van der Waals surface area contributed by atoms with Gasteiger partial charge in [0.15, 0.2) is 0 Å². The molecule has 0 N–H and O–H groups in total. The summed E-state index contributed by atoms with van der Waals surface area (Å²) in [5.41, 5.74) is 1.02. The SMILES string of the molecule is COC(=O)C(C)=CCOc1ccc([N+](=O)[O-])c(C)c1. The van der Waals surface area contributed by atoms with E-state index in [9.17, 15) is 14.9 Å². The van der Waals surface area contributed by atoms with E-state index in [0.29, 0.717) is 16.9 Å². The van der Waals surface area contributed by atoms with E-state index in [2.05, 4.69) is 4.74 Å². The molecule has 0 aliphatic carbocycles. The number of nitro groups is 1. The second-order valence-electron chi connectivity index (χ2n) is 3.90. The van der Waals surface area contributed by atoms with Crippen LogP contribution in [0.5, 0.6) is 5.75 Å². The van der Waals surface area contributed by atoms with Gasteiger partial charge < -0.3 is 9.47 Å². The summed E-state index contributed by atoms with van der Waals surface area (Å²) in [6, 6.07) is 4.49. The predicted molar refractivity (Wildman–Crippen MR) is 69.1 cm³/mol. The lowest BCUT2D eigenvalue weighted by molar-refractivity contribution is -0.385. The van der Waals surface area contributed by atoms with Gasteiger partial charge in [-0.05, 0) is 32.1 Å². The van der Waals surface area contributed by atoms with E-state index in [1.165, 1.54) is 19.2 Å². The molecule has 6 heteroatoms. The number of rotatable bonds is 5. The molecular weight excluding hydrogens is 250 g/mol. The smallest absolute Gasteiger partial charge is 0.333 e. The first-order valence-electron chi connectivity index (χ1n) is 5.58. The molecule has 0 atom stereocenters. The fourth-order valence-electron chi connectivity index (χ4n) is 1.43. The highest BCUT2D eigenvalue weighted by molar-refractivity contribution is 5.87. The third kappa shape index (κ3) is 4.09. The number of esters is 1. The summed E-state index contributed by atoms with van der Waals surface area (Å²) in [6.45, 7) is 3.45. The highest BCUT2D eigenvalue weighted by Gasteiger charge is 2.10. The molecule has 0 aliphatic heterocycles. The van der Waals surface area contributed by atoms with Crippen molar-refractivity contribution in [3.8, 4) is 5.75 Å². The molecule has 0 bridgehead atoms. The van der Waals surface area contributed by atoms with Crippen LogP contribution in [0, 0.1) is 17.0 Å². The minimum atomic E-state index is -0.444. The van der Waals surface area contributed by atoms with Crippen LogP contribution >= 0.6 is 0 Å². The van der Waals surface area contributed by atoms with E-state index in [1.54, 1.807) is 26.0 Å². The Bertz CT molecular complexity index is 522. The number of carbonyl (C=O) groups is 1. The van der Waals surface area contributed by atoms with Crippen LogP contribution in [0.15, 0.2) is 29.8 Å². The van der Waals surface area contributed by atoms with Gasteiger partial charge in [0.2, 0.25) is 0 Å². The molecule has 1 rings (SSSR count). The molecule has 1 aromatic rings. The molecule has 0 unspecified atom stereocenters. The zero-order chi connectivity index (χ0) is 14.4. The zero-order valence-electron chi connectivity index (χ0n) is 11.0. The van der Waals surface area contributed by atoms with Crippen LogP contribution in [-0.2, 0) is 9.53 Å². The summed E-state index contributed by atoms with van der Waals surface area (Å²) in [5.74, 6) is 0.0977. The lowest BCUT2D eigenvalue weighted by Crippen LogP contribution is -2.04. The molecule has 0 fully saturated rings. The van der Waals surface area contributed by atoms with Gasteiger partial charge in [-0.3, -0.25) is 10.1 Å². The number of nitrogens with zero attached hydrogens (tertiary/aromatic N) is 1.